The van der Waals surface area contributed by atoms with E-state index >= 15 is 0 Å². The van der Waals surface area contributed by atoms with E-state index in [1.807, 2.05) is 0 Å². The molecule has 0 amide bonds. The van der Waals surface area contributed by atoms with Crippen molar-refractivity contribution in [1.82, 2.24) is 4.90 Å². The zero-order chi connectivity index (χ0) is 11.4. The fraction of sp³-hybridized carbons (Fsp3) is 1.00. The molecule has 0 aromatic carbocycles. The number of ether oxygens (including phenoxy) is 2. The van der Waals surface area contributed by atoms with Gasteiger partial charge in [0.25, 0.3) is 0 Å². The topological polar surface area (TPSA) is 21.7 Å². The Morgan fingerprint density at radius 1 is 1.07 bits per heavy atom. The van der Waals surface area contributed by atoms with Gasteiger partial charge in [-0.2, -0.15) is 0 Å². The van der Waals surface area contributed by atoms with Crippen LogP contribution >= 0.6 is 11.6 Å². The summed E-state index contributed by atoms with van der Waals surface area (Å²) in [6.07, 6.45) is 2.14. The van der Waals surface area contributed by atoms with E-state index in [-0.39, 0.29) is 0 Å². The van der Waals surface area contributed by atoms with Gasteiger partial charge in [-0.25, -0.2) is 0 Å². The Hall–Kier alpha value is 0.170. The van der Waals surface area contributed by atoms with Crippen LogP contribution in [0.15, 0.2) is 0 Å². The molecule has 0 saturated heterocycles. The smallest absolute Gasteiger partial charge is 0.0593 e. The van der Waals surface area contributed by atoms with Crippen molar-refractivity contribution in [2.45, 2.75) is 19.8 Å². The Balaban J connectivity index is 3.28. The number of alkyl halides is 1. The SMILES string of the molecule is CCCN(CCCl)CCOCCCOC. The van der Waals surface area contributed by atoms with Crippen molar-refractivity contribution >= 4 is 11.6 Å². The van der Waals surface area contributed by atoms with Crippen LogP contribution in [0, 0.1) is 0 Å². The molecule has 4 heteroatoms. The van der Waals surface area contributed by atoms with Crippen LogP contribution in [0.4, 0.5) is 0 Å². The van der Waals surface area contributed by atoms with Gasteiger partial charge in [0, 0.05) is 39.3 Å². The van der Waals surface area contributed by atoms with Crippen LogP contribution < -0.4 is 0 Å². The molecule has 0 aromatic rings. The van der Waals surface area contributed by atoms with Crippen LogP contribution in [-0.2, 0) is 9.47 Å². The minimum absolute atomic E-state index is 0.698. The summed E-state index contributed by atoms with van der Waals surface area (Å²) in [5.41, 5.74) is 0. The van der Waals surface area contributed by atoms with Crippen molar-refractivity contribution in [1.29, 1.82) is 0 Å². The van der Waals surface area contributed by atoms with E-state index in [4.69, 9.17) is 21.1 Å². The van der Waals surface area contributed by atoms with Gasteiger partial charge in [-0.3, -0.25) is 4.90 Å². The minimum atomic E-state index is 0.698. The molecule has 3 nitrogen and oxygen atoms in total. The molecule has 0 aliphatic carbocycles. The fourth-order valence-electron chi connectivity index (χ4n) is 1.37. The maximum atomic E-state index is 5.71. The number of hydrogen-bond acceptors (Lipinski definition) is 3. The lowest BCUT2D eigenvalue weighted by Gasteiger charge is -2.20. The van der Waals surface area contributed by atoms with Gasteiger partial charge in [0.05, 0.1) is 6.61 Å². The second kappa shape index (κ2) is 12.2. The molecule has 0 atom stereocenters. The Kier molecular flexibility index (Phi) is 12.4. The van der Waals surface area contributed by atoms with Crippen molar-refractivity contribution in [3.8, 4) is 0 Å². The first-order chi connectivity index (χ1) is 7.35. The van der Waals surface area contributed by atoms with Gasteiger partial charge < -0.3 is 9.47 Å². The minimum Gasteiger partial charge on any atom is -0.385 e. The van der Waals surface area contributed by atoms with E-state index < -0.39 is 0 Å². The normalized spacial score (nSPS) is 11.2. The van der Waals surface area contributed by atoms with Gasteiger partial charge in [0.1, 0.15) is 0 Å². The summed E-state index contributed by atoms with van der Waals surface area (Å²) >= 11 is 5.71. The summed E-state index contributed by atoms with van der Waals surface area (Å²) in [6.45, 7) is 7.58. The number of rotatable bonds is 11. The highest BCUT2D eigenvalue weighted by Gasteiger charge is 2.01. The van der Waals surface area contributed by atoms with Crippen LogP contribution in [-0.4, -0.2) is 57.3 Å². The molecule has 0 radical (unpaired) electrons. The third kappa shape index (κ3) is 10.5. The van der Waals surface area contributed by atoms with Crippen molar-refractivity contribution in [3.05, 3.63) is 0 Å². The van der Waals surface area contributed by atoms with Crippen LogP contribution in [0.2, 0.25) is 0 Å². The molecule has 92 valence electrons. The zero-order valence-corrected chi connectivity index (χ0v) is 10.8. The Labute approximate surface area is 98.7 Å². The van der Waals surface area contributed by atoms with E-state index in [1.165, 1.54) is 6.42 Å². The standard InChI is InChI=1S/C11H24ClNO2/c1-3-6-13(7-5-12)8-11-15-10-4-9-14-2/h3-11H2,1-2H3. The summed E-state index contributed by atoms with van der Waals surface area (Å²) in [7, 11) is 1.71. The molecule has 0 N–H and O–H groups in total. The maximum Gasteiger partial charge on any atom is 0.0593 e. The average molecular weight is 238 g/mol. The Morgan fingerprint density at radius 2 is 1.87 bits per heavy atom. The van der Waals surface area contributed by atoms with E-state index in [2.05, 4.69) is 11.8 Å². The summed E-state index contributed by atoms with van der Waals surface area (Å²) in [5.74, 6) is 0.698. The van der Waals surface area contributed by atoms with Crippen LogP contribution in [0.3, 0.4) is 0 Å². The van der Waals surface area contributed by atoms with Crippen molar-refractivity contribution in [2.75, 3.05) is 52.4 Å². The predicted octanol–water partition coefficient (Wildman–Crippen LogP) is 1.99. The summed E-state index contributed by atoms with van der Waals surface area (Å²) in [6, 6.07) is 0. The fourth-order valence-corrected chi connectivity index (χ4v) is 1.61. The predicted molar refractivity (Wildman–Crippen MR) is 64.8 cm³/mol. The molecule has 0 unspecified atom stereocenters. The highest BCUT2D eigenvalue weighted by atomic mass is 35.5. The first-order valence-corrected chi connectivity index (χ1v) is 6.23. The highest BCUT2D eigenvalue weighted by Crippen LogP contribution is 1.93. The molecular weight excluding hydrogens is 214 g/mol. The number of nitrogens with zero attached hydrogens (tertiary/aromatic N) is 1. The van der Waals surface area contributed by atoms with Crippen molar-refractivity contribution < 1.29 is 9.47 Å². The molecule has 0 aliphatic heterocycles. The molecule has 0 rings (SSSR count). The second-order valence-corrected chi connectivity index (χ2v) is 3.87. The zero-order valence-electron chi connectivity index (χ0n) is 10.0. The molecule has 0 saturated carbocycles. The summed E-state index contributed by atoms with van der Waals surface area (Å²) in [4.78, 5) is 2.34. The van der Waals surface area contributed by atoms with Crippen LogP contribution in [0.1, 0.15) is 19.8 Å². The highest BCUT2D eigenvalue weighted by molar-refractivity contribution is 6.18. The first-order valence-electron chi connectivity index (χ1n) is 5.70. The average Bonchev–Trinajstić information content (AvgIpc) is 2.24. The van der Waals surface area contributed by atoms with Gasteiger partial charge in [-0.1, -0.05) is 6.92 Å². The molecular formula is C11H24ClNO2. The van der Waals surface area contributed by atoms with Gasteiger partial charge in [-0.05, 0) is 19.4 Å². The first kappa shape index (κ1) is 15.2. The number of hydrogen-bond donors (Lipinski definition) is 0. The van der Waals surface area contributed by atoms with E-state index in [1.54, 1.807) is 7.11 Å². The van der Waals surface area contributed by atoms with Crippen LogP contribution in [0.5, 0.6) is 0 Å². The lowest BCUT2D eigenvalue weighted by molar-refractivity contribution is 0.0850. The molecule has 15 heavy (non-hydrogen) atoms. The molecule has 0 aliphatic rings. The third-order valence-electron chi connectivity index (χ3n) is 2.13. The van der Waals surface area contributed by atoms with E-state index in [9.17, 15) is 0 Å². The quantitative estimate of drug-likeness (QED) is 0.405. The van der Waals surface area contributed by atoms with Gasteiger partial charge in [0.15, 0.2) is 0 Å². The lowest BCUT2D eigenvalue weighted by Crippen LogP contribution is -2.30. The van der Waals surface area contributed by atoms with Crippen molar-refractivity contribution in [2.24, 2.45) is 0 Å². The summed E-state index contributed by atoms with van der Waals surface area (Å²) in [5, 5.41) is 0. The monoisotopic (exact) mass is 237 g/mol. The van der Waals surface area contributed by atoms with E-state index in [0.717, 1.165) is 45.9 Å². The molecule has 0 aromatic heterocycles. The number of halogens is 1. The molecule has 0 heterocycles. The van der Waals surface area contributed by atoms with Gasteiger partial charge in [0.2, 0.25) is 0 Å². The molecule has 0 fully saturated rings. The Bertz CT molecular complexity index is 119. The summed E-state index contributed by atoms with van der Waals surface area (Å²) < 4.78 is 10.4. The molecule has 0 bridgehead atoms. The largest absolute Gasteiger partial charge is 0.385 e. The van der Waals surface area contributed by atoms with Crippen molar-refractivity contribution in [3.63, 3.8) is 0 Å². The Morgan fingerprint density at radius 3 is 2.47 bits per heavy atom. The maximum absolute atomic E-state index is 5.71. The van der Waals surface area contributed by atoms with Crippen LogP contribution in [0.25, 0.3) is 0 Å². The second-order valence-electron chi connectivity index (χ2n) is 3.49. The van der Waals surface area contributed by atoms with Gasteiger partial charge >= 0.3 is 0 Å². The lowest BCUT2D eigenvalue weighted by atomic mass is 10.4. The van der Waals surface area contributed by atoms with Gasteiger partial charge in [-0.15, -0.1) is 11.6 Å². The number of methoxy groups -OCH3 is 1. The van der Waals surface area contributed by atoms with E-state index in [0.29, 0.717) is 5.88 Å². The third-order valence-corrected chi connectivity index (χ3v) is 2.30. The molecule has 0 spiro atoms.